The lowest BCUT2D eigenvalue weighted by atomic mass is 9.81. The second-order valence-electron chi connectivity index (χ2n) is 12.6. The molecule has 0 unspecified atom stereocenters. The number of amides is 1. The van der Waals surface area contributed by atoms with Crippen LogP contribution in [0.1, 0.15) is 98.5 Å². The zero-order valence-corrected chi connectivity index (χ0v) is 27.2. The van der Waals surface area contributed by atoms with Crippen LogP contribution >= 0.6 is 0 Å². The number of fused-ring (bicyclic) bond motifs is 1. The molecule has 1 amide bonds. The van der Waals surface area contributed by atoms with Crippen molar-refractivity contribution >= 4 is 33.0 Å². The van der Waals surface area contributed by atoms with Crippen molar-refractivity contribution in [3.63, 3.8) is 0 Å². The molecular formula is C34H46N4O6S. The van der Waals surface area contributed by atoms with E-state index >= 15 is 0 Å². The largest absolute Gasteiger partial charge is 0.483 e. The molecule has 0 radical (unpaired) electrons. The van der Waals surface area contributed by atoms with Crippen LogP contribution in [0.2, 0.25) is 0 Å². The van der Waals surface area contributed by atoms with Gasteiger partial charge in [0.05, 0.1) is 11.3 Å². The molecule has 0 saturated heterocycles. The van der Waals surface area contributed by atoms with Crippen molar-refractivity contribution in [3.05, 3.63) is 53.6 Å². The number of nitrogens with two attached hydrogens (primary N) is 1. The van der Waals surface area contributed by atoms with E-state index in [4.69, 9.17) is 9.88 Å². The predicted octanol–water partition coefficient (Wildman–Crippen LogP) is 5.92. The Morgan fingerprint density at radius 1 is 0.956 bits per heavy atom. The van der Waals surface area contributed by atoms with Gasteiger partial charge in [-0.2, -0.15) is 12.7 Å². The van der Waals surface area contributed by atoms with Crippen LogP contribution in [0.25, 0.3) is 22.2 Å². The summed E-state index contributed by atoms with van der Waals surface area (Å²) in [6.45, 7) is 0.628. The van der Waals surface area contributed by atoms with Gasteiger partial charge in [-0.05, 0) is 74.3 Å². The quantitative estimate of drug-likeness (QED) is 0.223. The van der Waals surface area contributed by atoms with Gasteiger partial charge < -0.3 is 19.3 Å². The lowest BCUT2D eigenvalue weighted by Crippen LogP contribution is -2.35. The number of likely N-dealkylation sites (N-methyl/N-ethyl adjacent to an activating group) is 1. The molecule has 2 fully saturated rings. The molecule has 2 aliphatic rings. The van der Waals surface area contributed by atoms with Crippen molar-refractivity contribution in [2.24, 2.45) is 5.14 Å². The summed E-state index contributed by atoms with van der Waals surface area (Å²) >= 11 is 0. The minimum absolute atomic E-state index is 0.129. The highest BCUT2D eigenvalue weighted by molar-refractivity contribution is 7.86. The van der Waals surface area contributed by atoms with Crippen molar-refractivity contribution in [1.82, 2.24) is 13.8 Å². The molecule has 5 rings (SSSR count). The fraction of sp³-hybridized carbons (Fsp3) is 0.529. The van der Waals surface area contributed by atoms with Gasteiger partial charge in [0, 0.05) is 49.7 Å². The van der Waals surface area contributed by atoms with Crippen LogP contribution < -0.4 is 9.88 Å². The number of benzene rings is 2. The van der Waals surface area contributed by atoms with E-state index in [1.807, 2.05) is 30.3 Å². The smallest absolute Gasteiger partial charge is 0.335 e. The monoisotopic (exact) mass is 638 g/mol. The van der Waals surface area contributed by atoms with Crippen LogP contribution in [0.3, 0.4) is 0 Å². The Bertz CT molecular complexity index is 1620. The number of aromatic nitrogens is 1. The first-order valence-corrected chi connectivity index (χ1v) is 17.7. The molecule has 0 atom stereocenters. The maximum atomic E-state index is 13.1. The first kappa shape index (κ1) is 33.0. The van der Waals surface area contributed by atoms with Crippen LogP contribution in [0.15, 0.2) is 42.5 Å². The normalized spacial score (nSPS) is 16.4. The van der Waals surface area contributed by atoms with Crippen molar-refractivity contribution in [3.8, 4) is 17.0 Å². The van der Waals surface area contributed by atoms with E-state index in [0.717, 1.165) is 65.0 Å². The molecule has 3 N–H and O–H groups in total. The number of carbonyl (C=O) groups excluding carboxylic acids is 1. The highest BCUT2D eigenvalue weighted by Gasteiger charge is 2.32. The molecule has 1 aromatic heterocycles. The fourth-order valence-electron chi connectivity index (χ4n) is 7.06. The highest BCUT2D eigenvalue weighted by atomic mass is 32.2. The average Bonchev–Trinajstić information content (AvgIpc) is 3.67. The molecule has 3 aromatic rings. The maximum Gasteiger partial charge on any atom is 0.335 e. The number of carboxylic acids is 1. The van der Waals surface area contributed by atoms with E-state index in [0.29, 0.717) is 31.1 Å². The van der Waals surface area contributed by atoms with E-state index < -0.39 is 16.2 Å². The molecule has 244 valence electrons. The summed E-state index contributed by atoms with van der Waals surface area (Å²) in [7, 11) is -0.556. The summed E-state index contributed by atoms with van der Waals surface area (Å²) in [5, 5.41) is 16.1. The summed E-state index contributed by atoms with van der Waals surface area (Å²) in [5.41, 5.74) is 4.56. The summed E-state index contributed by atoms with van der Waals surface area (Å²) in [6.07, 6.45) is 11.3. The standard InChI is InChI=1S/C34H46N4O6S/c1-36(20-10-11-21-37(2)45(35,42)43)31(39)23-44-30-17-9-8-16-28(30)33-32(24-12-4-3-5-13-24)27-19-18-25(34(40)41)22-29(27)38(33)26-14-6-7-15-26/h8-9,16-19,22,24,26H,3-7,10-15,20-21,23H2,1-2H3,(H,40,41)(H2,35,42,43). The van der Waals surface area contributed by atoms with Crippen molar-refractivity contribution in [2.75, 3.05) is 33.8 Å². The average molecular weight is 639 g/mol. The van der Waals surface area contributed by atoms with Gasteiger partial charge in [-0.15, -0.1) is 0 Å². The van der Waals surface area contributed by atoms with Gasteiger partial charge in [0.2, 0.25) is 0 Å². The first-order valence-electron chi connectivity index (χ1n) is 16.2. The minimum Gasteiger partial charge on any atom is -0.483 e. The third kappa shape index (κ3) is 7.53. The number of ether oxygens (including phenoxy) is 1. The van der Waals surface area contributed by atoms with E-state index in [9.17, 15) is 23.1 Å². The third-order valence-corrected chi connectivity index (χ3v) is 10.6. The summed E-state index contributed by atoms with van der Waals surface area (Å²) in [5.74, 6) is -0.102. The van der Waals surface area contributed by atoms with Crippen LogP contribution in [-0.2, 0) is 15.0 Å². The molecule has 2 saturated carbocycles. The molecule has 0 bridgehead atoms. The van der Waals surface area contributed by atoms with Crippen LogP contribution in [0.4, 0.5) is 0 Å². The number of nitrogens with zero attached hydrogens (tertiary/aromatic N) is 3. The van der Waals surface area contributed by atoms with Gasteiger partial charge in [-0.3, -0.25) is 4.79 Å². The van der Waals surface area contributed by atoms with Crippen molar-refractivity contribution in [1.29, 1.82) is 0 Å². The first-order chi connectivity index (χ1) is 21.6. The second-order valence-corrected chi connectivity index (χ2v) is 14.3. The van der Waals surface area contributed by atoms with Gasteiger partial charge in [-0.25, -0.2) is 9.93 Å². The van der Waals surface area contributed by atoms with E-state index in [1.165, 1.54) is 31.9 Å². The van der Waals surface area contributed by atoms with E-state index in [2.05, 4.69) is 10.6 Å². The number of aromatic carboxylic acids is 1. The predicted molar refractivity (Wildman–Crippen MR) is 176 cm³/mol. The Balaban J connectivity index is 1.45. The van der Waals surface area contributed by atoms with Gasteiger partial charge in [0.1, 0.15) is 5.75 Å². The Morgan fingerprint density at radius 2 is 1.62 bits per heavy atom. The number of hydrogen-bond acceptors (Lipinski definition) is 5. The summed E-state index contributed by atoms with van der Waals surface area (Å²) in [4.78, 5) is 26.8. The van der Waals surface area contributed by atoms with E-state index in [-0.39, 0.29) is 30.7 Å². The molecule has 1 heterocycles. The number of unbranched alkanes of at least 4 members (excludes halogenated alkanes) is 1. The number of para-hydroxylation sites is 1. The van der Waals surface area contributed by atoms with Gasteiger partial charge in [-0.1, -0.05) is 50.3 Å². The molecule has 11 heteroatoms. The number of hydrogen-bond donors (Lipinski definition) is 2. The SMILES string of the molecule is CN(CCCCN(C)S(N)(=O)=O)C(=O)COc1ccccc1-c1c(C2CCCCC2)c2ccc(C(=O)O)cc2n1C1CCCC1. The summed E-state index contributed by atoms with van der Waals surface area (Å²) in [6, 6.07) is 13.7. The molecule has 45 heavy (non-hydrogen) atoms. The molecule has 2 aromatic carbocycles. The molecule has 10 nitrogen and oxygen atoms in total. The summed E-state index contributed by atoms with van der Waals surface area (Å²) < 4.78 is 32.6. The topological polar surface area (TPSA) is 135 Å². The molecule has 0 aliphatic heterocycles. The number of rotatable bonds is 13. The highest BCUT2D eigenvalue weighted by Crippen LogP contribution is 2.49. The van der Waals surface area contributed by atoms with Gasteiger partial charge in [0.25, 0.3) is 16.1 Å². The Labute approximate surface area is 266 Å². The molecule has 2 aliphatic carbocycles. The zero-order valence-electron chi connectivity index (χ0n) is 26.4. The van der Waals surface area contributed by atoms with Crippen LogP contribution in [0, 0.1) is 0 Å². The number of carboxylic acid groups (broad SMARTS) is 1. The van der Waals surface area contributed by atoms with Gasteiger partial charge >= 0.3 is 5.97 Å². The fourth-order valence-corrected chi connectivity index (χ4v) is 7.45. The third-order valence-electron chi connectivity index (χ3n) is 9.56. The maximum absolute atomic E-state index is 13.1. The van der Waals surface area contributed by atoms with Crippen LogP contribution in [-0.4, -0.2) is 73.0 Å². The number of carbonyl (C=O) groups is 2. The Kier molecular flexibility index (Phi) is 10.5. The lowest BCUT2D eigenvalue weighted by Gasteiger charge is -2.26. The zero-order chi connectivity index (χ0) is 32.1. The Morgan fingerprint density at radius 3 is 2.31 bits per heavy atom. The van der Waals surface area contributed by atoms with E-state index in [1.54, 1.807) is 18.0 Å². The Hall–Kier alpha value is -3.41. The second kappa shape index (κ2) is 14.3. The molecular weight excluding hydrogens is 592 g/mol. The van der Waals surface area contributed by atoms with Gasteiger partial charge in [0.15, 0.2) is 6.61 Å². The lowest BCUT2D eigenvalue weighted by molar-refractivity contribution is -0.132. The van der Waals surface area contributed by atoms with Crippen LogP contribution in [0.5, 0.6) is 5.75 Å². The van der Waals surface area contributed by atoms with Crippen molar-refractivity contribution < 1.29 is 27.9 Å². The molecule has 0 spiro atoms. The van der Waals surface area contributed by atoms with Crippen molar-refractivity contribution in [2.45, 2.75) is 82.6 Å². The minimum atomic E-state index is -3.72.